The van der Waals surface area contributed by atoms with Crippen LogP contribution in [0.15, 0.2) is 11.8 Å². The average Bonchev–Trinajstić information content (AvgIpc) is 2.48. The summed E-state index contributed by atoms with van der Waals surface area (Å²) >= 11 is 5.81. The Morgan fingerprint density at radius 1 is 1.22 bits per heavy atom. The molecular formula is C18H29ClO4. The minimum Gasteiger partial charge on any atom is -0.498 e. The maximum Gasteiger partial charge on any atom is 0.313 e. The molecule has 0 saturated carbocycles. The monoisotopic (exact) mass is 344 g/mol. The average molecular weight is 345 g/mol. The van der Waals surface area contributed by atoms with Crippen LogP contribution in [0, 0.1) is 17.3 Å². The zero-order chi connectivity index (χ0) is 17.5. The molecular weight excluding hydrogens is 316 g/mol. The van der Waals surface area contributed by atoms with Crippen LogP contribution in [0.4, 0.5) is 0 Å². The van der Waals surface area contributed by atoms with E-state index in [2.05, 4.69) is 0 Å². The lowest BCUT2D eigenvalue weighted by molar-refractivity contribution is -0.160. The minimum absolute atomic E-state index is 0.0777. The van der Waals surface area contributed by atoms with Gasteiger partial charge < -0.3 is 9.47 Å². The van der Waals surface area contributed by atoms with Crippen molar-refractivity contribution in [2.24, 2.45) is 17.3 Å². The molecule has 0 aromatic heterocycles. The SMILES string of the molecule is CC(C)COC(=O)C1(CCCCl)CC(=O)C=C(OCC(C)C)C1. The van der Waals surface area contributed by atoms with Crippen molar-refractivity contribution in [2.75, 3.05) is 19.1 Å². The Morgan fingerprint density at radius 3 is 2.43 bits per heavy atom. The summed E-state index contributed by atoms with van der Waals surface area (Å²) < 4.78 is 11.2. The Labute approximate surface area is 144 Å². The highest BCUT2D eigenvalue weighted by Gasteiger charge is 2.44. The maximum absolute atomic E-state index is 12.7. The Kier molecular flexibility index (Phi) is 8.10. The van der Waals surface area contributed by atoms with Gasteiger partial charge in [0.25, 0.3) is 0 Å². The number of ketones is 1. The normalized spacial score (nSPS) is 21.5. The zero-order valence-electron chi connectivity index (χ0n) is 14.7. The largest absolute Gasteiger partial charge is 0.498 e. The zero-order valence-corrected chi connectivity index (χ0v) is 15.4. The standard InChI is InChI=1S/C18H29ClO4/c1-13(2)11-22-16-8-15(20)9-18(10-16,6-5-7-19)17(21)23-12-14(3)4/h8,13-14H,5-7,9-12H2,1-4H3. The predicted octanol–water partition coefficient (Wildman–Crippen LogP) is 4.11. The van der Waals surface area contributed by atoms with Crippen molar-refractivity contribution < 1.29 is 19.1 Å². The van der Waals surface area contributed by atoms with Crippen LogP contribution in [0.1, 0.15) is 53.4 Å². The molecule has 0 aromatic rings. The second-order valence-electron chi connectivity index (χ2n) is 7.20. The number of hydrogen-bond donors (Lipinski definition) is 0. The van der Waals surface area contributed by atoms with Crippen molar-refractivity contribution in [1.82, 2.24) is 0 Å². The van der Waals surface area contributed by atoms with Crippen LogP contribution in [0.2, 0.25) is 0 Å². The second kappa shape index (κ2) is 9.31. The predicted molar refractivity (Wildman–Crippen MR) is 91.3 cm³/mol. The van der Waals surface area contributed by atoms with Crippen LogP contribution >= 0.6 is 11.6 Å². The Bertz CT molecular complexity index is 442. The van der Waals surface area contributed by atoms with Gasteiger partial charge in [-0.1, -0.05) is 27.7 Å². The van der Waals surface area contributed by atoms with Gasteiger partial charge in [-0.2, -0.15) is 0 Å². The lowest BCUT2D eigenvalue weighted by atomic mass is 9.72. The number of carbonyl (C=O) groups is 2. The van der Waals surface area contributed by atoms with Crippen LogP contribution in [-0.2, 0) is 19.1 Å². The molecule has 1 atom stereocenters. The molecule has 1 aliphatic rings. The van der Waals surface area contributed by atoms with Gasteiger partial charge >= 0.3 is 5.97 Å². The molecule has 0 heterocycles. The highest BCUT2D eigenvalue weighted by atomic mass is 35.5. The van der Waals surface area contributed by atoms with Crippen molar-refractivity contribution in [3.63, 3.8) is 0 Å². The molecule has 1 rings (SSSR count). The number of allylic oxidation sites excluding steroid dienone is 2. The van der Waals surface area contributed by atoms with Crippen molar-refractivity contribution in [3.05, 3.63) is 11.8 Å². The van der Waals surface area contributed by atoms with Gasteiger partial charge in [0.1, 0.15) is 5.76 Å². The molecule has 0 spiro atoms. The molecule has 0 N–H and O–H groups in total. The Morgan fingerprint density at radius 2 is 1.87 bits per heavy atom. The van der Waals surface area contributed by atoms with E-state index in [4.69, 9.17) is 21.1 Å². The smallest absolute Gasteiger partial charge is 0.313 e. The van der Waals surface area contributed by atoms with E-state index in [9.17, 15) is 9.59 Å². The van der Waals surface area contributed by atoms with Crippen LogP contribution in [0.3, 0.4) is 0 Å². The van der Waals surface area contributed by atoms with Gasteiger partial charge in [0.05, 0.1) is 18.6 Å². The molecule has 1 aliphatic carbocycles. The fourth-order valence-electron chi connectivity index (χ4n) is 2.60. The van der Waals surface area contributed by atoms with Crippen molar-refractivity contribution in [1.29, 1.82) is 0 Å². The third-order valence-corrected chi connectivity index (χ3v) is 3.99. The number of ether oxygens (including phenoxy) is 2. The number of rotatable bonds is 9. The van der Waals surface area contributed by atoms with E-state index in [1.165, 1.54) is 6.08 Å². The van der Waals surface area contributed by atoms with Crippen LogP contribution < -0.4 is 0 Å². The molecule has 0 bridgehead atoms. The Balaban J connectivity index is 2.89. The number of hydrogen-bond acceptors (Lipinski definition) is 4. The molecule has 5 heteroatoms. The van der Waals surface area contributed by atoms with Crippen LogP contribution in [-0.4, -0.2) is 30.8 Å². The van der Waals surface area contributed by atoms with Crippen molar-refractivity contribution >= 4 is 23.4 Å². The van der Waals surface area contributed by atoms with E-state index >= 15 is 0 Å². The molecule has 0 aliphatic heterocycles. The summed E-state index contributed by atoms with van der Waals surface area (Å²) in [5.41, 5.74) is -0.831. The highest BCUT2D eigenvalue weighted by Crippen LogP contribution is 2.41. The molecule has 4 nitrogen and oxygen atoms in total. The summed E-state index contributed by atoms with van der Waals surface area (Å²) in [6, 6.07) is 0. The fraction of sp³-hybridized carbons (Fsp3) is 0.778. The lowest BCUT2D eigenvalue weighted by Crippen LogP contribution is -2.39. The molecule has 0 amide bonds. The molecule has 132 valence electrons. The van der Waals surface area contributed by atoms with Crippen molar-refractivity contribution in [3.8, 4) is 0 Å². The van der Waals surface area contributed by atoms with Gasteiger partial charge in [0.2, 0.25) is 0 Å². The van der Waals surface area contributed by atoms with E-state index in [1.807, 2.05) is 27.7 Å². The molecule has 0 fully saturated rings. The summed E-state index contributed by atoms with van der Waals surface area (Å²) in [4.78, 5) is 24.8. The first-order chi connectivity index (χ1) is 10.8. The quantitative estimate of drug-likeness (QED) is 0.466. The summed E-state index contributed by atoms with van der Waals surface area (Å²) in [5.74, 6) is 1.29. The molecule has 23 heavy (non-hydrogen) atoms. The number of alkyl halides is 1. The molecule has 0 aromatic carbocycles. The molecule has 0 saturated heterocycles. The van der Waals surface area contributed by atoms with Gasteiger partial charge in [-0.25, -0.2) is 0 Å². The van der Waals surface area contributed by atoms with E-state index in [0.29, 0.717) is 50.0 Å². The van der Waals surface area contributed by atoms with Gasteiger partial charge in [-0.15, -0.1) is 11.6 Å². The van der Waals surface area contributed by atoms with Gasteiger partial charge in [0, 0.05) is 24.8 Å². The number of halogens is 1. The van der Waals surface area contributed by atoms with Gasteiger partial charge in [0.15, 0.2) is 5.78 Å². The summed E-state index contributed by atoms with van der Waals surface area (Å²) in [7, 11) is 0. The molecule has 0 radical (unpaired) electrons. The van der Waals surface area contributed by atoms with E-state index < -0.39 is 5.41 Å². The third kappa shape index (κ3) is 6.54. The van der Waals surface area contributed by atoms with E-state index in [0.717, 1.165) is 0 Å². The lowest BCUT2D eigenvalue weighted by Gasteiger charge is -2.34. The Hall–Kier alpha value is -1.03. The second-order valence-corrected chi connectivity index (χ2v) is 7.58. The number of carbonyl (C=O) groups excluding carboxylic acids is 2. The van der Waals surface area contributed by atoms with Crippen LogP contribution in [0.5, 0.6) is 0 Å². The molecule has 1 unspecified atom stereocenters. The van der Waals surface area contributed by atoms with Gasteiger partial charge in [-0.05, 0) is 24.7 Å². The number of esters is 1. The fourth-order valence-corrected chi connectivity index (χ4v) is 2.74. The first-order valence-electron chi connectivity index (χ1n) is 8.38. The first-order valence-corrected chi connectivity index (χ1v) is 8.92. The maximum atomic E-state index is 12.7. The first kappa shape index (κ1) is 20.0. The summed E-state index contributed by atoms with van der Waals surface area (Å²) in [5, 5.41) is 0. The van der Waals surface area contributed by atoms with E-state index in [1.54, 1.807) is 0 Å². The minimum atomic E-state index is -0.831. The van der Waals surface area contributed by atoms with E-state index in [-0.39, 0.29) is 24.1 Å². The topological polar surface area (TPSA) is 52.6 Å². The highest BCUT2D eigenvalue weighted by molar-refractivity contribution is 6.17. The summed E-state index contributed by atoms with van der Waals surface area (Å²) in [6.45, 7) is 8.96. The van der Waals surface area contributed by atoms with Crippen LogP contribution in [0.25, 0.3) is 0 Å². The van der Waals surface area contributed by atoms with Gasteiger partial charge in [-0.3, -0.25) is 9.59 Å². The summed E-state index contributed by atoms with van der Waals surface area (Å²) in [6.07, 6.45) is 3.33. The van der Waals surface area contributed by atoms with Crippen molar-refractivity contribution in [2.45, 2.75) is 53.4 Å². The third-order valence-electron chi connectivity index (χ3n) is 3.72.